The molecule has 1 aliphatic heterocycles. The van der Waals surface area contributed by atoms with Crippen LogP contribution in [0.25, 0.3) is 0 Å². The molecular formula is C20H23FN2O2. The van der Waals surface area contributed by atoms with E-state index in [1.165, 1.54) is 12.1 Å². The normalized spacial score (nSPS) is 20.5. The van der Waals surface area contributed by atoms with Gasteiger partial charge in [0.05, 0.1) is 12.5 Å². The molecule has 0 unspecified atom stereocenters. The number of nitrogens with zero attached hydrogens (tertiary/aromatic N) is 2. The van der Waals surface area contributed by atoms with Crippen LogP contribution in [0.5, 0.6) is 0 Å². The van der Waals surface area contributed by atoms with Crippen molar-refractivity contribution in [3.8, 4) is 0 Å². The smallest absolute Gasteiger partial charge is 0.228 e. The fourth-order valence-electron chi connectivity index (χ4n) is 3.38. The third-order valence-corrected chi connectivity index (χ3v) is 4.82. The Hall–Kier alpha value is -2.27. The minimum atomic E-state index is -0.220. The molecule has 0 N–H and O–H groups in total. The van der Waals surface area contributed by atoms with E-state index >= 15 is 0 Å². The summed E-state index contributed by atoms with van der Waals surface area (Å²) >= 11 is 0. The number of benzene rings is 1. The number of amides is 1. The summed E-state index contributed by atoms with van der Waals surface area (Å²) in [5, 5.41) is 0. The van der Waals surface area contributed by atoms with Gasteiger partial charge in [0.1, 0.15) is 5.82 Å². The lowest BCUT2D eigenvalue weighted by molar-refractivity contribution is -0.135. The number of methoxy groups -OCH3 is 1. The molecule has 2 atom stereocenters. The number of likely N-dealkylation sites (tertiary alicyclic amines) is 1. The van der Waals surface area contributed by atoms with Gasteiger partial charge in [-0.1, -0.05) is 18.2 Å². The standard InChI is InChI=1S/C20H23FN2O2/c1-25-19-14-23(20(24)13-18-4-2-3-10-22-18)11-9-16(19)12-15-5-7-17(21)8-6-15/h2-8,10,16,19H,9,11-14H2,1H3/t16-,19+/m1/s1. The van der Waals surface area contributed by atoms with Crippen LogP contribution in [0.4, 0.5) is 4.39 Å². The third-order valence-electron chi connectivity index (χ3n) is 4.82. The first-order chi connectivity index (χ1) is 12.2. The second-order valence-corrected chi connectivity index (χ2v) is 6.49. The van der Waals surface area contributed by atoms with Crippen LogP contribution in [-0.2, 0) is 22.4 Å². The second kappa shape index (κ2) is 8.21. The van der Waals surface area contributed by atoms with Gasteiger partial charge >= 0.3 is 0 Å². The van der Waals surface area contributed by atoms with Crippen LogP contribution in [0.15, 0.2) is 48.7 Å². The molecule has 0 aliphatic carbocycles. The van der Waals surface area contributed by atoms with Crippen molar-refractivity contribution >= 4 is 5.91 Å². The monoisotopic (exact) mass is 342 g/mol. The third kappa shape index (κ3) is 4.63. The number of aromatic nitrogens is 1. The Morgan fingerprint density at radius 2 is 2.08 bits per heavy atom. The molecule has 3 rings (SSSR count). The number of carbonyl (C=O) groups is 1. The van der Waals surface area contributed by atoms with Gasteiger partial charge < -0.3 is 9.64 Å². The van der Waals surface area contributed by atoms with Gasteiger partial charge in [0.2, 0.25) is 5.91 Å². The number of carbonyl (C=O) groups excluding carboxylic acids is 1. The van der Waals surface area contributed by atoms with Crippen molar-refractivity contribution in [2.75, 3.05) is 20.2 Å². The number of rotatable bonds is 5. The summed E-state index contributed by atoms with van der Waals surface area (Å²) in [6.07, 6.45) is 3.73. The van der Waals surface area contributed by atoms with Crippen molar-refractivity contribution in [2.24, 2.45) is 5.92 Å². The highest BCUT2D eigenvalue weighted by atomic mass is 19.1. The highest BCUT2D eigenvalue weighted by Crippen LogP contribution is 2.25. The summed E-state index contributed by atoms with van der Waals surface area (Å²) in [4.78, 5) is 18.6. The molecule has 2 aromatic rings. The fourth-order valence-corrected chi connectivity index (χ4v) is 3.38. The molecule has 1 aromatic carbocycles. The molecule has 1 saturated heterocycles. The molecule has 1 aliphatic rings. The number of pyridine rings is 1. The fraction of sp³-hybridized carbons (Fsp3) is 0.400. The Labute approximate surface area is 147 Å². The second-order valence-electron chi connectivity index (χ2n) is 6.49. The van der Waals surface area contributed by atoms with Crippen LogP contribution in [0.2, 0.25) is 0 Å². The molecule has 2 heterocycles. The molecular weight excluding hydrogens is 319 g/mol. The lowest BCUT2D eigenvalue weighted by Crippen LogP contribution is -2.48. The highest BCUT2D eigenvalue weighted by Gasteiger charge is 2.31. The summed E-state index contributed by atoms with van der Waals surface area (Å²) in [6.45, 7) is 1.31. The molecule has 1 fully saturated rings. The summed E-state index contributed by atoms with van der Waals surface area (Å²) in [5.41, 5.74) is 1.89. The molecule has 4 nitrogen and oxygen atoms in total. The van der Waals surface area contributed by atoms with E-state index in [0.29, 0.717) is 18.9 Å². The largest absolute Gasteiger partial charge is 0.379 e. The van der Waals surface area contributed by atoms with Gasteiger partial charge in [0.25, 0.3) is 0 Å². The highest BCUT2D eigenvalue weighted by molar-refractivity contribution is 5.78. The first-order valence-electron chi connectivity index (χ1n) is 8.60. The maximum absolute atomic E-state index is 13.1. The lowest BCUT2D eigenvalue weighted by atomic mass is 9.87. The van der Waals surface area contributed by atoms with Crippen LogP contribution >= 0.6 is 0 Å². The van der Waals surface area contributed by atoms with E-state index in [9.17, 15) is 9.18 Å². The van der Waals surface area contributed by atoms with Crippen LogP contribution in [-0.4, -0.2) is 42.1 Å². The summed E-state index contributed by atoms with van der Waals surface area (Å²) < 4.78 is 18.7. The first kappa shape index (κ1) is 17.5. The van der Waals surface area contributed by atoms with Gasteiger partial charge in [-0.25, -0.2) is 4.39 Å². The minimum Gasteiger partial charge on any atom is -0.379 e. The Kier molecular flexibility index (Phi) is 5.76. The first-order valence-corrected chi connectivity index (χ1v) is 8.60. The maximum Gasteiger partial charge on any atom is 0.228 e. The van der Waals surface area contributed by atoms with E-state index in [4.69, 9.17) is 4.74 Å². The van der Waals surface area contributed by atoms with Crippen molar-refractivity contribution in [1.82, 2.24) is 9.88 Å². The van der Waals surface area contributed by atoms with Crippen LogP contribution in [0.1, 0.15) is 17.7 Å². The van der Waals surface area contributed by atoms with Gasteiger partial charge in [0.15, 0.2) is 0 Å². The lowest BCUT2D eigenvalue weighted by Gasteiger charge is -2.38. The van der Waals surface area contributed by atoms with Gasteiger partial charge in [-0.05, 0) is 48.6 Å². The van der Waals surface area contributed by atoms with Gasteiger partial charge in [-0.2, -0.15) is 0 Å². The van der Waals surface area contributed by atoms with E-state index in [0.717, 1.165) is 30.6 Å². The molecule has 0 saturated carbocycles. The van der Waals surface area contributed by atoms with Crippen LogP contribution in [0, 0.1) is 11.7 Å². The molecule has 5 heteroatoms. The summed E-state index contributed by atoms with van der Waals surface area (Å²) in [6, 6.07) is 12.2. The zero-order valence-corrected chi connectivity index (χ0v) is 14.4. The Balaban J connectivity index is 1.59. The number of hydrogen-bond acceptors (Lipinski definition) is 3. The summed E-state index contributed by atoms with van der Waals surface area (Å²) in [7, 11) is 1.69. The molecule has 132 valence electrons. The molecule has 0 bridgehead atoms. The van der Waals surface area contributed by atoms with Crippen molar-refractivity contribution in [2.45, 2.75) is 25.4 Å². The number of piperidine rings is 1. The van der Waals surface area contributed by atoms with Gasteiger partial charge in [0, 0.05) is 32.1 Å². The van der Waals surface area contributed by atoms with Crippen molar-refractivity contribution in [3.05, 3.63) is 65.7 Å². The van der Waals surface area contributed by atoms with E-state index in [-0.39, 0.29) is 17.8 Å². The number of ether oxygens (including phenoxy) is 1. The van der Waals surface area contributed by atoms with Crippen molar-refractivity contribution in [3.63, 3.8) is 0 Å². The Morgan fingerprint density at radius 3 is 2.76 bits per heavy atom. The van der Waals surface area contributed by atoms with Crippen molar-refractivity contribution in [1.29, 1.82) is 0 Å². The predicted octanol–water partition coefficient (Wildman–Crippen LogP) is 2.87. The SMILES string of the molecule is CO[C@H]1CN(C(=O)Cc2ccccn2)CC[C@@H]1Cc1ccc(F)cc1. The van der Waals surface area contributed by atoms with Gasteiger partial charge in [-0.3, -0.25) is 9.78 Å². The van der Waals surface area contributed by atoms with Crippen molar-refractivity contribution < 1.29 is 13.9 Å². The number of hydrogen-bond donors (Lipinski definition) is 0. The Morgan fingerprint density at radius 1 is 1.28 bits per heavy atom. The maximum atomic E-state index is 13.1. The van der Waals surface area contributed by atoms with E-state index < -0.39 is 0 Å². The molecule has 1 aromatic heterocycles. The predicted molar refractivity (Wildman–Crippen MR) is 93.5 cm³/mol. The zero-order valence-electron chi connectivity index (χ0n) is 14.4. The minimum absolute atomic E-state index is 0.00788. The summed E-state index contributed by atoms with van der Waals surface area (Å²) in [5.74, 6) is 0.192. The van der Waals surface area contributed by atoms with E-state index in [1.807, 2.05) is 35.2 Å². The average Bonchev–Trinajstić information content (AvgIpc) is 2.64. The molecule has 0 radical (unpaired) electrons. The zero-order chi connectivity index (χ0) is 17.6. The molecule has 1 amide bonds. The average molecular weight is 342 g/mol. The van der Waals surface area contributed by atoms with Crippen LogP contribution < -0.4 is 0 Å². The topological polar surface area (TPSA) is 42.4 Å². The van der Waals surface area contributed by atoms with Gasteiger partial charge in [-0.15, -0.1) is 0 Å². The Bertz CT molecular complexity index is 691. The quantitative estimate of drug-likeness (QED) is 0.839. The van der Waals surface area contributed by atoms with E-state index in [1.54, 1.807) is 13.3 Å². The van der Waals surface area contributed by atoms with E-state index in [2.05, 4.69) is 4.98 Å². The van der Waals surface area contributed by atoms with Crippen LogP contribution in [0.3, 0.4) is 0 Å². The molecule has 25 heavy (non-hydrogen) atoms. The number of halogens is 1. The molecule has 0 spiro atoms.